The quantitative estimate of drug-likeness (QED) is 0.181. The molecule has 4 heterocycles. The highest BCUT2D eigenvalue weighted by molar-refractivity contribution is 6.35. The van der Waals surface area contributed by atoms with Gasteiger partial charge >= 0.3 is 5.69 Å². The Hall–Kier alpha value is -4.62. The molecule has 2 aliphatic rings. The van der Waals surface area contributed by atoms with Gasteiger partial charge in [-0.15, -0.1) is 6.58 Å². The van der Waals surface area contributed by atoms with Gasteiger partial charge in [0.2, 0.25) is 5.79 Å². The van der Waals surface area contributed by atoms with Crippen LogP contribution in [0.2, 0.25) is 10.0 Å². The van der Waals surface area contributed by atoms with Gasteiger partial charge in [-0.25, -0.2) is 23.7 Å². The fraction of sp³-hybridized carbons (Fsp3) is 0.294. The summed E-state index contributed by atoms with van der Waals surface area (Å²) in [6, 6.07) is 21.4. The van der Waals surface area contributed by atoms with E-state index in [2.05, 4.69) is 55.8 Å². The summed E-state index contributed by atoms with van der Waals surface area (Å²) in [5, 5.41) is 9.34. The fourth-order valence-electron chi connectivity index (χ4n) is 6.03. The van der Waals surface area contributed by atoms with E-state index in [-0.39, 0.29) is 18.3 Å². The number of halogens is 2. The van der Waals surface area contributed by atoms with E-state index in [9.17, 15) is 4.79 Å². The second-order valence-electron chi connectivity index (χ2n) is 11.6. The Bertz CT molecular complexity index is 1900. The van der Waals surface area contributed by atoms with Gasteiger partial charge in [-0.1, -0.05) is 35.3 Å². The van der Waals surface area contributed by atoms with Crippen molar-refractivity contribution in [3.63, 3.8) is 0 Å². The number of hydrogen-bond donors (Lipinski definition) is 0. The van der Waals surface area contributed by atoms with Crippen LogP contribution >= 0.6 is 23.2 Å². The van der Waals surface area contributed by atoms with E-state index in [1.807, 2.05) is 30.3 Å². The molecule has 5 aromatic rings. The summed E-state index contributed by atoms with van der Waals surface area (Å²) in [4.78, 5) is 21.3. The minimum Gasteiger partial charge on any atom is -0.491 e. The van der Waals surface area contributed by atoms with Crippen LogP contribution < -0.4 is 20.2 Å². The molecule has 3 aromatic carbocycles. The normalized spacial score (nSPS) is 19.5. The lowest BCUT2D eigenvalue weighted by Crippen LogP contribution is -2.46. The molecule has 0 saturated carbocycles. The summed E-state index contributed by atoms with van der Waals surface area (Å²) in [5.74, 6) is -0.416. The second-order valence-corrected chi connectivity index (χ2v) is 12.4. The maximum atomic E-state index is 12.5. The summed E-state index contributed by atoms with van der Waals surface area (Å²) in [6.45, 7) is 8.45. The highest BCUT2D eigenvalue weighted by atomic mass is 35.5. The molecule has 0 bridgehead atoms. The molecular formula is C34H34Cl2N8O4. The Kier molecular flexibility index (Phi) is 9.22. The van der Waals surface area contributed by atoms with Crippen molar-refractivity contribution in [3.05, 3.63) is 124 Å². The fourth-order valence-corrected chi connectivity index (χ4v) is 6.59. The van der Waals surface area contributed by atoms with Crippen molar-refractivity contribution in [2.45, 2.75) is 25.0 Å². The molecule has 2 aliphatic heterocycles. The summed E-state index contributed by atoms with van der Waals surface area (Å²) >= 11 is 12.7. The van der Waals surface area contributed by atoms with Gasteiger partial charge in [-0.05, 0) is 60.7 Å². The standard InChI is InChI=1S/C34H34Cl2N8O4/c1-2-13-44-33(45)43(24-39-44)28-6-4-26(5-7-28)40-14-16-41(17-15-40)27-8-10-29(11-9-27)46-19-30-20-47-34(48-30,21-42-23-37-22-38-42)31-12-3-25(35)18-32(31)36/h2-12,18,22-24,30H,1,13-17,19-21H2/t30-,34-/m0/s1. The molecule has 0 amide bonds. The predicted molar refractivity (Wildman–Crippen MR) is 183 cm³/mol. The van der Waals surface area contributed by atoms with Crippen molar-refractivity contribution in [2.75, 3.05) is 49.2 Å². The molecule has 0 unspecified atom stereocenters. The van der Waals surface area contributed by atoms with E-state index >= 15 is 0 Å². The molecule has 0 spiro atoms. The van der Waals surface area contributed by atoms with Gasteiger partial charge < -0.3 is 24.0 Å². The molecule has 0 N–H and O–H groups in total. The van der Waals surface area contributed by atoms with Gasteiger partial charge in [0.1, 0.15) is 44.0 Å². The molecule has 0 radical (unpaired) electrons. The Labute approximate surface area is 287 Å². The van der Waals surface area contributed by atoms with Crippen LogP contribution in [0.5, 0.6) is 5.75 Å². The zero-order valence-corrected chi connectivity index (χ0v) is 27.6. The van der Waals surface area contributed by atoms with Crippen molar-refractivity contribution in [3.8, 4) is 11.4 Å². The van der Waals surface area contributed by atoms with Crippen LogP contribution in [0, 0.1) is 0 Å². The Balaban J connectivity index is 0.927. The molecule has 0 aliphatic carbocycles. The third kappa shape index (κ3) is 6.70. The lowest BCUT2D eigenvalue weighted by Gasteiger charge is -2.37. The first-order valence-electron chi connectivity index (χ1n) is 15.6. The first-order valence-corrected chi connectivity index (χ1v) is 16.3. The number of rotatable bonds is 11. The van der Waals surface area contributed by atoms with Crippen LogP contribution in [0.1, 0.15) is 5.56 Å². The lowest BCUT2D eigenvalue weighted by molar-refractivity contribution is -0.190. The number of aromatic nitrogens is 6. The number of hydrogen-bond acceptors (Lipinski definition) is 9. The second kappa shape index (κ2) is 13.9. The van der Waals surface area contributed by atoms with Crippen molar-refractivity contribution >= 4 is 34.6 Å². The highest BCUT2D eigenvalue weighted by Crippen LogP contribution is 2.40. The van der Waals surface area contributed by atoms with Crippen molar-refractivity contribution in [1.82, 2.24) is 29.1 Å². The van der Waals surface area contributed by atoms with Gasteiger partial charge in [-0.3, -0.25) is 0 Å². The maximum absolute atomic E-state index is 12.5. The van der Waals surface area contributed by atoms with Crippen molar-refractivity contribution in [2.24, 2.45) is 0 Å². The summed E-state index contributed by atoms with van der Waals surface area (Å²) in [7, 11) is 0. The van der Waals surface area contributed by atoms with Crippen LogP contribution in [0.25, 0.3) is 5.69 Å². The molecule has 2 aromatic heterocycles. The number of benzene rings is 3. The zero-order chi connectivity index (χ0) is 33.1. The predicted octanol–water partition coefficient (Wildman–Crippen LogP) is 4.79. The lowest BCUT2D eigenvalue weighted by atomic mass is 10.1. The SMILES string of the molecule is C=CCn1ncn(-c2ccc(N3CCN(c4ccc(OC[C@H]5CO[C@](Cn6cncn6)(c6ccc(Cl)cc6Cl)O5)cc4)CC3)cc2)c1=O. The van der Waals surface area contributed by atoms with E-state index < -0.39 is 5.79 Å². The Morgan fingerprint density at radius 1 is 0.917 bits per heavy atom. The van der Waals surface area contributed by atoms with Gasteiger partial charge in [-0.2, -0.15) is 10.2 Å². The van der Waals surface area contributed by atoms with Crippen molar-refractivity contribution in [1.29, 1.82) is 0 Å². The summed E-state index contributed by atoms with van der Waals surface area (Å²) < 4.78 is 23.4. The van der Waals surface area contributed by atoms with E-state index in [1.54, 1.807) is 40.1 Å². The van der Waals surface area contributed by atoms with E-state index in [4.69, 9.17) is 37.4 Å². The molecule has 12 nitrogen and oxygen atoms in total. The van der Waals surface area contributed by atoms with Gasteiger partial charge in [0.05, 0.1) is 23.9 Å². The number of nitrogens with zero attached hydrogens (tertiary/aromatic N) is 8. The highest BCUT2D eigenvalue weighted by Gasteiger charge is 2.45. The smallest absolute Gasteiger partial charge is 0.350 e. The Morgan fingerprint density at radius 3 is 2.25 bits per heavy atom. The molecule has 248 valence electrons. The molecule has 2 fully saturated rings. The van der Waals surface area contributed by atoms with Crippen LogP contribution in [0.3, 0.4) is 0 Å². The summed E-state index contributed by atoms with van der Waals surface area (Å²) in [6.07, 6.45) is 5.93. The molecular weight excluding hydrogens is 655 g/mol. The third-order valence-corrected chi connectivity index (χ3v) is 9.03. The topological polar surface area (TPSA) is 105 Å². The largest absolute Gasteiger partial charge is 0.491 e. The Morgan fingerprint density at radius 2 is 1.60 bits per heavy atom. The number of anilines is 2. The number of ether oxygens (including phenoxy) is 3. The molecule has 7 rings (SSSR count). The maximum Gasteiger partial charge on any atom is 0.350 e. The molecule has 14 heteroatoms. The third-order valence-electron chi connectivity index (χ3n) is 8.48. The monoisotopic (exact) mass is 688 g/mol. The van der Waals surface area contributed by atoms with E-state index in [1.165, 1.54) is 11.0 Å². The van der Waals surface area contributed by atoms with Crippen LogP contribution in [0.15, 0.2) is 103 Å². The van der Waals surface area contributed by atoms with E-state index in [0.29, 0.717) is 35.4 Å². The van der Waals surface area contributed by atoms with Crippen LogP contribution in [-0.4, -0.2) is 74.6 Å². The minimum atomic E-state index is -1.16. The average molecular weight is 690 g/mol. The molecule has 2 atom stereocenters. The first-order chi connectivity index (χ1) is 23.4. The number of piperazine rings is 1. The van der Waals surface area contributed by atoms with Crippen LogP contribution in [0.4, 0.5) is 11.4 Å². The van der Waals surface area contributed by atoms with E-state index in [0.717, 1.165) is 49.0 Å². The van der Waals surface area contributed by atoms with Gasteiger partial charge in [0, 0.05) is 48.1 Å². The van der Waals surface area contributed by atoms with Gasteiger partial charge in [0.15, 0.2) is 0 Å². The first kappa shape index (κ1) is 32.0. The molecule has 2 saturated heterocycles. The number of allylic oxidation sites excluding steroid dienone is 1. The average Bonchev–Trinajstić information content (AvgIpc) is 3.86. The zero-order valence-electron chi connectivity index (χ0n) is 26.1. The van der Waals surface area contributed by atoms with Gasteiger partial charge in [0.25, 0.3) is 0 Å². The minimum absolute atomic E-state index is 0.186. The summed E-state index contributed by atoms with van der Waals surface area (Å²) in [5.41, 5.74) is 3.52. The molecule has 48 heavy (non-hydrogen) atoms. The van der Waals surface area contributed by atoms with Crippen molar-refractivity contribution < 1.29 is 14.2 Å². The van der Waals surface area contributed by atoms with Crippen LogP contribution in [-0.2, 0) is 28.4 Å².